The smallest absolute Gasteiger partial charge is 0.402 e. The van der Waals surface area contributed by atoms with Crippen molar-refractivity contribution in [1.82, 2.24) is 0 Å². The van der Waals surface area contributed by atoms with Crippen molar-refractivity contribution in [2.75, 3.05) is 61.0 Å². The van der Waals surface area contributed by atoms with E-state index in [0.717, 1.165) is 25.7 Å². The number of rotatable bonds is 25. The second-order valence-corrected chi connectivity index (χ2v) is 35.9. The molecule has 0 saturated heterocycles. The molecule has 0 aromatic carbocycles. The Labute approximate surface area is 589 Å². The molecule has 6 N–H and O–H groups in total. The van der Waals surface area contributed by atoms with Crippen molar-refractivity contribution >= 4 is 80.4 Å². The van der Waals surface area contributed by atoms with E-state index in [1.807, 2.05) is 20.8 Å². The molecule has 6 atom stereocenters. The number of hydrogen-bond donors (Lipinski definition) is 6. The maximum Gasteiger partial charge on any atom is 0.402 e. The van der Waals surface area contributed by atoms with Crippen molar-refractivity contribution in [2.24, 2.45) is 58.7 Å². The topological polar surface area (TPSA) is 461 Å². The summed E-state index contributed by atoms with van der Waals surface area (Å²) in [5, 5.41) is -13.5. The number of alkyl halides is 10. The van der Waals surface area contributed by atoms with Crippen LogP contribution >= 0.6 is 0 Å². The molecule has 0 aliphatic heterocycles. The average molecular weight is 1620 g/mol. The first-order chi connectivity index (χ1) is 46.8. The van der Waals surface area contributed by atoms with Crippen LogP contribution in [-0.4, -0.2) is 217 Å². The van der Waals surface area contributed by atoms with Gasteiger partial charge in [0.1, 0.15) is 0 Å². The number of esters is 5. The molecule has 0 radical (unpaired) electrons. The van der Waals surface area contributed by atoms with Crippen molar-refractivity contribution < 1.29 is 180 Å². The van der Waals surface area contributed by atoms with Gasteiger partial charge in [-0.2, -0.15) is 86.0 Å². The average Bonchev–Trinajstić information content (AvgIpc) is 1.46. The van der Waals surface area contributed by atoms with Gasteiger partial charge < -0.3 is 47.7 Å². The Hall–Kier alpha value is -4.00. The minimum absolute atomic E-state index is 0.00307. The van der Waals surface area contributed by atoms with Crippen molar-refractivity contribution in [3.63, 3.8) is 0 Å². The molecule has 9 fully saturated rings. The molecule has 45 heteroatoms. The van der Waals surface area contributed by atoms with E-state index in [-0.39, 0.29) is 48.3 Å². The van der Waals surface area contributed by atoms with E-state index in [0.29, 0.717) is 121 Å². The highest BCUT2D eigenvalue weighted by Crippen LogP contribution is 2.63. The third-order valence-electron chi connectivity index (χ3n) is 19.4. The van der Waals surface area contributed by atoms with Crippen LogP contribution in [0.15, 0.2) is 0 Å². The van der Waals surface area contributed by atoms with Gasteiger partial charge in [0, 0.05) is 27.9 Å². The third-order valence-corrected chi connectivity index (χ3v) is 23.7. The predicted molar refractivity (Wildman–Crippen MR) is 331 cm³/mol. The highest BCUT2D eigenvalue weighted by Gasteiger charge is 2.63. The number of methoxy groups -OCH3 is 3. The Balaban J connectivity index is 0.000000273. The summed E-state index contributed by atoms with van der Waals surface area (Å²) in [7, 11) is -23.2. The lowest BCUT2D eigenvalue weighted by molar-refractivity contribution is -0.206. The number of carbonyl (C=O) groups is 5. The van der Waals surface area contributed by atoms with Crippen LogP contribution < -0.4 is 0 Å². The standard InChI is InChI=1S/C14H20F2O6S.C13H22F2O6S.C11H16F2O6S.2C10H16F2O6S/c1-21-13-5-9-2-10(6-13)4-12(3-9,7-13)11(17)22-8-14(15,16)23(18,19)20;1-12(2,3)21-10-6-4-9(5-7-10)11(16)20-8-13(14,15)22(17,18)19;1-18-9-4-6-2-7(9)3-8(6)10(14)19-5-11(12,13)20(15,16)17;1-17-8-4-2-7(3-5-8)9(13)18-6-10(11,12)19(14,15)16;11-10(12,19(15,16)17)6-18-9(14)8-3-1-7(5-13)2-4-8/h9-10H,2-8H2,1H3,(H,18,19,20);9-10H,4-8H2,1-3H3,(H,17,18,19);6-9H,2-5H2,1H3,(H,15,16,17);7-8H,2-6H2,1H3,(H,14,15,16);7-8,13H,1-6H2,(H,15,16,17). The predicted octanol–water partition coefficient (Wildman–Crippen LogP) is 7.48. The molecule has 103 heavy (non-hydrogen) atoms. The molecule has 6 unspecified atom stereocenters. The van der Waals surface area contributed by atoms with Crippen molar-refractivity contribution in [3.8, 4) is 0 Å². The second kappa shape index (κ2) is 35.6. The molecular formula is C58H90F10O30S5. The molecule has 9 aliphatic carbocycles. The van der Waals surface area contributed by atoms with Gasteiger partial charge in [-0.05, 0) is 185 Å². The molecule has 0 aromatic rings. The van der Waals surface area contributed by atoms with Crippen LogP contribution in [0.1, 0.15) is 156 Å². The SMILES string of the molecule is CC(C)(C)OC1CCC(C(=O)OCC(F)(F)S(=O)(=O)O)CC1.COC12CC3CC(C1)CC(C(=O)OCC(F)(F)S(=O)(=O)O)(C3)C2.COC1CC2CC1CC2C(=O)OCC(F)(F)S(=O)(=O)O.COC1CCC(C(=O)OCC(F)(F)S(=O)(=O)O)CC1.O=C(OCC(F)(F)S(=O)(=O)O)C1CCC(CO)CC1. The van der Waals surface area contributed by atoms with Crippen LogP contribution in [0.5, 0.6) is 0 Å². The fourth-order valence-corrected chi connectivity index (χ4v) is 15.3. The van der Waals surface area contributed by atoms with E-state index in [9.17, 15) is 110 Å². The fourth-order valence-electron chi connectivity index (χ4n) is 14.2. The van der Waals surface area contributed by atoms with Gasteiger partial charge in [-0.15, -0.1) is 0 Å². The van der Waals surface area contributed by atoms with Gasteiger partial charge in [0.15, 0.2) is 33.0 Å². The van der Waals surface area contributed by atoms with Gasteiger partial charge in [0.05, 0.1) is 58.6 Å². The number of hydrogen-bond acceptors (Lipinski definition) is 25. The monoisotopic (exact) mass is 1620 g/mol. The van der Waals surface area contributed by atoms with Crippen LogP contribution in [0, 0.1) is 58.7 Å². The third kappa shape index (κ3) is 25.8. The van der Waals surface area contributed by atoms with Crippen LogP contribution in [0.2, 0.25) is 0 Å². The second-order valence-electron chi connectivity index (χ2n) is 28.1. The van der Waals surface area contributed by atoms with Gasteiger partial charge in [0.2, 0.25) is 0 Å². The Bertz CT molecular complexity index is 3370. The summed E-state index contributed by atoms with van der Waals surface area (Å²) in [4.78, 5) is 58.8. The van der Waals surface area contributed by atoms with E-state index < -0.39 is 174 Å². The maximum atomic E-state index is 13.3. The fraction of sp³-hybridized carbons (Fsp3) is 0.914. The number of ether oxygens (including phenoxy) is 9. The lowest BCUT2D eigenvalue weighted by atomic mass is 9.48. The Morgan fingerprint density at radius 1 is 0.417 bits per heavy atom. The molecule has 0 aromatic heterocycles. The van der Waals surface area contributed by atoms with Gasteiger partial charge >= 0.3 is 107 Å². The lowest BCUT2D eigenvalue weighted by Gasteiger charge is -2.60. The highest BCUT2D eigenvalue weighted by atomic mass is 32.2. The maximum absolute atomic E-state index is 13.3. The quantitative estimate of drug-likeness (QED) is 0.0223. The zero-order valence-corrected chi connectivity index (χ0v) is 60.9. The molecular weight excluding hydrogens is 1530 g/mol. The van der Waals surface area contributed by atoms with Crippen molar-refractivity contribution in [2.45, 2.75) is 211 Å². The molecule has 9 aliphatic rings. The summed E-state index contributed by atoms with van der Waals surface area (Å²) in [6.07, 6.45) is 12.5. The molecule has 6 bridgehead atoms. The number of carbonyl (C=O) groups excluding carboxylic acids is 5. The van der Waals surface area contributed by atoms with E-state index >= 15 is 0 Å². The molecule has 0 amide bonds. The van der Waals surface area contributed by atoms with Crippen LogP contribution in [0.25, 0.3) is 0 Å². The molecule has 0 heterocycles. The van der Waals surface area contributed by atoms with Gasteiger partial charge in [0.25, 0.3) is 0 Å². The first kappa shape index (κ1) is 91.4. The van der Waals surface area contributed by atoms with Crippen LogP contribution in [-0.2, 0) is 117 Å². The molecule has 30 nitrogen and oxygen atoms in total. The number of aliphatic hydroxyl groups excluding tert-OH is 1. The number of halogens is 10. The Kier molecular flexibility index (Phi) is 31.6. The number of fused-ring (bicyclic) bond motifs is 2. The van der Waals surface area contributed by atoms with E-state index in [2.05, 4.69) is 23.7 Å². The summed E-state index contributed by atoms with van der Waals surface area (Å²) in [5.74, 6) is -5.53. The molecule has 0 spiro atoms. The van der Waals surface area contributed by atoms with Gasteiger partial charge in [-0.25, -0.2) is 0 Å². The first-order valence-electron chi connectivity index (χ1n) is 32.3. The largest absolute Gasteiger partial charge is 0.458 e. The first-order valence-corrected chi connectivity index (χ1v) is 39.5. The summed E-state index contributed by atoms with van der Waals surface area (Å²) in [5.41, 5.74) is -1.58. The van der Waals surface area contributed by atoms with E-state index in [1.54, 1.807) is 21.3 Å². The number of aliphatic hydroxyl groups is 1. The summed E-state index contributed by atoms with van der Waals surface area (Å²) < 4.78 is 319. The van der Waals surface area contributed by atoms with Gasteiger partial charge in [-0.3, -0.25) is 46.7 Å². The summed E-state index contributed by atoms with van der Waals surface area (Å²) in [6, 6.07) is 0. The highest BCUT2D eigenvalue weighted by molar-refractivity contribution is 7.88. The molecule has 9 rings (SSSR count). The van der Waals surface area contributed by atoms with Crippen molar-refractivity contribution in [3.05, 3.63) is 0 Å². The minimum atomic E-state index is -5.61. The summed E-state index contributed by atoms with van der Waals surface area (Å²) >= 11 is 0. The van der Waals surface area contributed by atoms with E-state index in [1.165, 1.54) is 0 Å². The minimum Gasteiger partial charge on any atom is -0.458 e. The molecule has 9 saturated carbocycles. The Morgan fingerprint density at radius 2 is 0.757 bits per heavy atom. The van der Waals surface area contributed by atoms with Gasteiger partial charge in [-0.1, -0.05) is 0 Å². The lowest BCUT2D eigenvalue weighted by Crippen LogP contribution is -2.59. The summed E-state index contributed by atoms with van der Waals surface area (Å²) in [6.45, 7) is -2.58. The van der Waals surface area contributed by atoms with Crippen LogP contribution in [0.3, 0.4) is 0 Å². The zero-order valence-electron chi connectivity index (χ0n) is 56.8. The van der Waals surface area contributed by atoms with Crippen molar-refractivity contribution in [1.29, 1.82) is 0 Å². The normalized spacial score (nSPS) is 29.7. The molecule has 602 valence electrons. The Morgan fingerprint density at radius 3 is 1.06 bits per heavy atom. The van der Waals surface area contributed by atoms with E-state index in [4.69, 9.17) is 46.8 Å². The zero-order chi connectivity index (χ0) is 78.8. The van der Waals surface area contributed by atoms with Crippen LogP contribution in [0.4, 0.5) is 43.9 Å².